The number of aryl methyl sites for hydroxylation is 1. The zero-order chi connectivity index (χ0) is 18.0. The highest BCUT2D eigenvalue weighted by molar-refractivity contribution is 5.79. The van der Waals surface area contributed by atoms with Crippen LogP contribution in [0.2, 0.25) is 0 Å². The number of hydrogen-bond donors (Lipinski definition) is 2. The maximum atomic E-state index is 12.6. The summed E-state index contributed by atoms with van der Waals surface area (Å²) in [6.45, 7) is 6.20. The average Bonchev–Trinajstić information content (AvgIpc) is 2.57. The third kappa shape index (κ3) is 3.65. The van der Waals surface area contributed by atoms with Crippen molar-refractivity contribution < 1.29 is 4.79 Å². The van der Waals surface area contributed by atoms with Crippen LogP contribution >= 0.6 is 0 Å². The number of anilines is 1. The van der Waals surface area contributed by atoms with Gasteiger partial charge < -0.3 is 14.8 Å². The van der Waals surface area contributed by atoms with Gasteiger partial charge in [-0.2, -0.15) is 0 Å². The van der Waals surface area contributed by atoms with E-state index >= 15 is 0 Å². The van der Waals surface area contributed by atoms with Gasteiger partial charge >= 0.3 is 5.69 Å². The van der Waals surface area contributed by atoms with E-state index in [2.05, 4.69) is 33.9 Å². The molecule has 1 saturated heterocycles. The first kappa shape index (κ1) is 17.0. The first-order chi connectivity index (χ1) is 12.0. The summed E-state index contributed by atoms with van der Waals surface area (Å²) in [4.78, 5) is 44.1. The minimum atomic E-state index is -0.568. The molecule has 1 aromatic carbocycles. The van der Waals surface area contributed by atoms with Gasteiger partial charge in [-0.15, -0.1) is 0 Å². The highest BCUT2D eigenvalue weighted by atomic mass is 16.2. The molecule has 1 fully saturated rings. The van der Waals surface area contributed by atoms with E-state index in [1.807, 2.05) is 19.1 Å². The summed E-state index contributed by atoms with van der Waals surface area (Å²) in [5.41, 5.74) is 1.61. The molecule has 0 radical (unpaired) electrons. The van der Waals surface area contributed by atoms with Crippen LogP contribution in [0.4, 0.5) is 5.69 Å². The van der Waals surface area contributed by atoms with Crippen LogP contribution in [-0.2, 0) is 11.2 Å². The van der Waals surface area contributed by atoms with E-state index in [-0.39, 0.29) is 23.9 Å². The molecule has 0 unspecified atom stereocenters. The zero-order valence-corrected chi connectivity index (χ0v) is 14.4. The van der Waals surface area contributed by atoms with Crippen molar-refractivity contribution in [1.82, 2.24) is 14.9 Å². The van der Waals surface area contributed by atoms with Crippen LogP contribution in [0.25, 0.3) is 0 Å². The first-order valence-electron chi connectivity index (χ1n) is 8.36. The van der Waals surface area contributed by atoms with Gasteiger partial charge in [-0.25, -0.2) is 4.79 Å². The van der Waals surface area contributed by atoms with E-state index in [1.165, 1.54) is 17.4 Å². The molecule has 2 heterocycles. The fraction of sp³-hybridized carbons (Fsp3) is 0.389. The number of piperazine rings is 1. The van der Waals surface area contributed by atoms with Crippen LogP contribution < -0.4 is 16.1 Å². The minimum Gasteiger partial charge on any atom is -0.367 e. The van der Waals surface area contributed by atoms with Gasteiger partial charge in [0.2, 0.25) is 5.91 Å². The summed E-state index contributed by atoms with van der Waals surface area (Å²) in [5, 5.41) is 0. The first-order valence-corrected chi connectivity index (χ1v) is 8.36. The molecule has 0 spiro atoms. The molecule has 7 nitrogen and oxygen atoms in total. The Kier molecular flexibility index (Phi) is 4.74. The van der Waals surface area contributed by atoms with Gasteiger partial charge in [0.05, 0.1) is 6.42 Å². The molecular formula is C18H22N4O3. The lowest BCUT2D eigenvalue weighted by molar-refractivity contribution is -0.132. The second kappa shape index (κ2) is 6.96. The molecule has 1 atom stereocenters. The van der Waals surface area contributed by atoms with Gasteiger partial charge in [-0.1, -0.05) is 18.2 Å². The van der Waals surface area contributed by atoms with E-state index in [0.29, 0.717) is 6.54 Å². The van der Waals surface area contributed by atoms with Crippen LogP contribution in [0, 0.1) is 6.92 Å². The molecule has 132 valence electrons. The van der Waals surface area contributed by atoms with E-state index in [1.54, 1.807) is 4.90 Å². The maximum Gasteiger partial charge on any atom is 0.325 e. The van der Waals surface area contributed by atoms with Crippen LogP contribution in [-0.4, -0.2) is 46.5 Å². The molecule has 0 aliphatic carbocycles. The van der Waals surface area contributed by atoms with E-state index in [9.17, 15) is 14.4 Å². The average molecular weight is 342 g/mol. The molecular weight excluding hydrogens is 320 g/mol. The van der Waals surface area contributed by atoms with Gasteiger partial charge in [-0.05, 0) is 25.5 Å². The number of carbonyl (C=O) groups is 1. The number of H-pyrrole nitrogens is 2. The Morgan fingerprint density at radius 2 is 2.00 bits per heavy atom. The summed E-state index contributed by atoms with van der Waals surface area (Å²) < 4.78 is 0. The molecule has 7 heteroatoms. The Balaban J connectivity index is 1.69. The van der Waals surface area contributed by atoms with Crippen molar-refractivity contribution >= 4 is 11.6 Å². The number of rotatable bonds is 3. The van der Waals surface area contributed by atoms with Crippen molar-refractivity contribution in [1.29, 1.82) is 0 Å². The number of carbonyl (C=O) groups excluding carboxylic acids is 1. The van der Waals surface area contributed by atoms with Crippen LogP contribution in [0.15, 0.2) is 40.1 Å². The monoisotopic (exact) mass is 342 g/mol. The molecule has 0 bridgehead atoms. The number of nitrogens with zero attached hydrogens (tertiary/aromatic N) is 2. The molecule has 1 aromatic heterocycles. The largest absolute Gasteiger partial charge is 0.367 e. The van der Waals surface area contributed by atoms with Crippen molar-refractivity contribution in [2.45, 2.75) is 26.3 Å². The number of aromatic nitrogens is 2. The van der Waals surface area contributed by atoms with Crippen molar-refractivity contribution in [3.05, 3.63) is 62.4 Å². The summed E-state index contributed by atoms with van der Waals surface area (Å²) >= 11 is 0. The minimum absolute atomic E-state index is 0.0131. The Bertz CT molecular complexity index is 886. The molecule has 2 N–H and O–H groups in total. The SMILES string of the molecule is Cc1ccccc1N1CCN(C(=O)Cc2c[nH]c(=O)[nH]c2=O)[C@@H](C)C1. The highest BCUT2D eigenvalue weighted by Crippen LogP contribution is 2.23. The Labute approximate surface area is 145 Å². The third-order valence-electron chi connectivity index (χ3n) is 4.64. The maximum absolute atomic E-state index is 12.6. The van der Waals surface area contributed by atoms with Crippen LogP contribution in [0.3, 0.4) is 0 Å². The molecule has 3 rings (SSSR count). The molecule has 25 heavy (non-hydrogen) atoms. The summed E-state index contributed by atoms with van der Waals surface area (Å²) in [5.74, 6) is -0.102. The Morgan fingerprint density at radius 1 is 1.24 bits per heavy atom. The number of para-hydroxylation sites is 1. The van der Waals surface area contributed by atoms with Gasteiger partial charge in [0.25, 0.3) is 5.56 Å². The standard InChI is InChI=1S/C18H22N4O3/c1-12-5-3-4-6-15(12)21-7-8-22(13(2)11-21)16(23)9-14-10-19-18(25)20-17(14)24/h3-6,10,13H,7-9,11H2,1-2H3,(H2,19,20,24,25)/t13-/m0/s1. The molecule has 1 aliphatic heterocycles. The van der Waals surface area contributed by atoms with Gasteiger partial charge in [-0.3, -0.25) is 14.6 Å². The number of benzene rings is 1. The van der Waals surface area contributed by atoms with Crippen molar-refractivity contribution in [2.24, 2.45) is 0 Å². The smallest absolute Gasteiger partial charge is 0.325 e. The predicted molar refractivity (Wildman–Crippen MR) is 96.0 cm³/mol. The number of hydrogen-bond acceptors (Lipinski definition) is 4. The second-order valence-electron chi connectivity index (χ2n) is 6.44. The van der Waals surface area contributed by atoms with Crippen molar-refractivity contribution in [2.75, 3.05) is 24.5 Å². The Morgan fingerprint density at radius 3 is 2.68 bits per heavy atom. The summed E-state index contributed by atoms with van der Waals surface area (Å²) in [6.07, 6.45) is 1.30. The number of nitrogens with one attached hydrogen (secondary N) is 2. The number of aromatic amines is 2. The molecule has 0 saturated carbocycles. The highest BCUT2D eigenvalue weighted by Gasteiger charge is 2.28. The van der Waals surface area contributed by atoms with Crippen LogP contribution in [0.5, 0.6) is 0 Å². The number of amides is 1. The van der Waals surface area contributed by atoms with Crippen molar-refractivity contribution in [3.63, 3.8) is 0 Å². The fourth-order valence-corrected chi connectivity index (χ4v) is 3.30. The topological polar surface area (TPSA) is 89.3 Å². The van der Waals surface area contributed by atoms with Crippen molar-refractivity contribution in [3.8, 4) is 0 Å². The van der Waals surface area contributed by atoms with E-state index in [0.717, 1.165) is 13.1 Å². The lowest BCUT2D eigenvalue weighted by Crippen LogP contribution is -2.54. The fourth-order valence-electron chi connectivity index (χ4n) is 3.30. The molecule has 2 aromatic rings. The van der Waals surface area contributed by atoms with Gasteiger partial charge in [0.1, 0.15) is 0 Å². The third-order valence-corrected chi connectivity index (χ3v) is 4.64. The summed E-state index contributed by atoms with van der Waals surface area (Å²) in [7, 11) is 0. The summed E-state index contributed by atoms with van der Waals surface area (Å²) in [6, 6.07) is 8.26. The van der Waals surface area contributed by atoms with E-state index in [4.69, 9.17) is 0 Å². The van der Waals surface area contributed by atoms with E-state index < -0.39 is 11.2 Å². The lowest BCUT2D eigenvalue weighted by atomic mass is 10.1. The zero-order valence-electron chi connectivity index (χ0n) is 14.4. The van der Waals surface area contributed by atoms with Crippen LogP contribution in [0.1, 0.15) is 18.1 Å². The van der Waals surface area contributed by atoms with Gasteiger partial charge in [0.15, 0.2) is 0 Å². The Hall–Kier alpha value is -2.83. The molecule has 1 amide bonds. The molecule has 1 aliphatic rings. The lowest BCUT2D eigenvalue weighted by Gasteiger charge is -2.41. The predicted octanol–water partition coefficient (Wildman–Crippen LogP) is 0.651. The van der Waals surface area contributed by atoms with Gasteiger partial charge in [0, 0.05) is 43.1 Å². The second-order valence-corrected chi connectivity index (χ2v) is 6.44. The quantitative estimate of drug-likeness (QED) is 0.857. The normalized spacial score (nSPS) is 17.6.